The Morgan fingerprint density at radius 3 is 1.00 bits per heavy atom. The molecule has 0 aliphatic heterocycles. The van der Waals surface area contributed by atoms with Gasteiger partial charge in [-0.25, -0.2) is 0 Å². The standard InChI is InChI=1S/Co.Cu.GeH4.Mn/h;;1H4;. The van der Waals surface area contributed by atoms with Crippen molar-refractivity contribution in [2.75, 3.05) is 0 Å². The third-order valence-electron chi connectivity index (χ3n) is 0. The van der Waals surface area contributed by atoms with Crippen LogP contribution in [0.5, 0.6) is 0 Å². The first-order valence-corrected chi connectivity index (χ1v) is 0. The van der Waals surface area contributed by atoms with Gasteiger partial charge in [0.15, 0.2) is 0 Å². The average Bonchev–Trinajstić information content (AvgIpc) is 0. The molecule has 0 aromatic heterocycles. The summed E-state index contributed by atoms with van der Waals surface area (Å²) < 4.78 is 0. The van der Waals surface area contributed by atoms with Crippen LogP contribution in [0.1, 0.15) is 0 Å². The summed E-state index contributed by atoms with van der Waals surface area (Å²) in [6.07, 6.45) is 0. The Kier molecular flexibility index (Phi) is 176. The zero-order valence-electron chi connectivity index (χ0n) is 1.01. The van der Waals surface area contributed by atoms with Crippen LogP contribution in [-0.2, 0) is 50.9 Å². The van der Waals surface area contributed by atoms with Crippen LogP contribution in [0.25, 0.3) is 0 Å². The quantitative estimate of drug-likeness (QED) is 0.463. The van der Waals surface area contributed by atoms with E-state index >= 15 is 0 Å². The first kappa shape index (κ1) is 36.1. The van der Waals surface area contributed by atoms with Crippen molar-refractivity contribution in [3.05, 3.63) is 0 Å². The van der Waals surface area contributed by atoms with E-state index in [2.05, 4.69) is 0 Å². The van der Waals surface area contributed by atoms with Crippen molar-refractivity contribution < 1.29 is 50.9 Å². The van der Waals surface area contributed by atoms with Crippen LogP contribution in [-0.4, -0.2) is 17.6 Å². The smallest absolute Gasteiger partial charge is 0 e. The van der Waals surface area contributed by atoms with Crippen LogP contribution >= 0.6 is 0 Å². The van der Waals surface area contributed by atoms with Crippen LogP contribution in [0.4, 0.5) is 0 Å². The van der Waals surface area contributed by atoms with Gasteiger partial charge in [-0.1, -0.05) is 0 Å². The summed E-state index contributed by atoms with van der Waals surface area (Å²) in [5.74, 6) is 0. The molecule has 4 heteroatoms. The molecular formula is H4CoCuGeMn. The fourth-order valence-corrected chi connectivity index (χ4v) is 0. The van der Waals surface area contributed by atoms with Crippen molar-refractivity contribution in [2.45, 2.75) is 0 Å². The minimum atomic E-state index is 0. The predicted octanol–water partition coefficient (Wildman–Crippen LogP) is -1.46. The van der Waals surface area contributed by atoms with Gasteiger partial charge in [-0.15, -0.1) is 0 Å². The van der Waals surface area contributed by atoms with Crippen molar-refractivity contribution in [3.8, 4) is 0 Å². The molecule has 0 saturated carbocycles. The van der Waals surface area contributed by atoms with Crippen LogP contribution < -0.4 is 0 Å². The molecule has 0 aromatic carbocycles. The monoisotopic (exact) mass is 255 g/mol. The third-order valence-corrected chi connectivity index (χ3v) is 0. The summed E-state index contributed by atoms with van der Waals surface area (Å²) in [6, 6.07) is 0. The van der Waals surface area contributed by atoms with E-state index in [4.69, 9.17) is 0 Å². The van der Waals surface area contributed by atoms with E-state index in [0.29, 0.717) is 0 Å². The van der Waals surface area contributed by atoms with E-state index in [-0.39, 0.29) is 68.5 Å². The Labute approximate surface area is 68.0 Å². The Bertz CT molecular complexity index is 8.00. The fourth-order valence-electron chi connectivity index (χ4n) is 0. The van der Waals surface area contributed by atoms with Gasteiger partial charge in [0, 0.05) is 50.9 Å². The molecule has 0 atom stereocenters. The van der Waals surface area contributed by atoms with Crippen LogP contribution in [0.15, 0.2) is 0 Å². The predicted molar refractivity (Wildman–Crippen MR) is 11.3 cm³/mol. The van der Waals surface area contributed by atoms with Gasteiger partial charge in [-0.05, 0) is 0 Å². The summed E-state index contributed by atoms with van der Waals surface area (Å²) in [4.78, 5) is 0. The van der Waals surface area contributed by atoms with Gasteiger partial charge in [0.25, 0.3) is 0 Å². The van der Waals surface area contributed by atoms with E-state index in [0.717, 1.165) is 0 Å². The maximum atomic E-state index is 0. The van der Waals surface area contributed by atoms with Crippen molar-refractivity contribution in [3.63, 3.8) is 0 Å². The van der Waals surface area contributed by atoms with Crippen molar-refractivity contribution in [1.29, 1.82) is 0 Å². The van der Waals surface area contributed by atoms with Crippen LogP contribution in [0.2, 0.25) is 0 Å². The Balaban J connectivity index is 0. The second kappa shape index (κ2) is 19.5. The molecule has 0 heterocycles. The van der Waals surface area contributed by atoms with Gasteiger partial charge in [0.05, 0.1) is 0 Å². The van der Waals surface area contributed by atoms with Gasteiger partial charge in [-0.2, -0.15) is 0 Å². The molecule has 0 spiro atoms. The molecule has 4 heavy (non-hydrogen) atoms. The third kappa shape index (κ3) is 8.94. The normalized spacial score (nSPS) is 0. The van der Waals surface area contributed by atoms with Crippen LogP contribution in [0, 0.1) is 0 Å². The van der Waals surface area contributed by atoms with Gasteiger partial charge in [0.1, 0.15) is 0 Å². The minimum absolute atomic E-state index is 0. The largest absolute Gasteiger partial charge is 0 e. The molecule has 0 N–H and O–H groups in total. The second-order valence-electron chi connectivity index (χ2n) is 0. The van der Waals surface area contributed by atoms with Gasteiger partial charge < -0.3 is 0 Å². The Morgan fingerprint density at radius 1 is 1.00 bits per heavy atom. The van der Waals surface area contributed by atoms with Crippen molar-refractivity contribution >= 4 is 17.6 Å². The summed E-state index contributed by atoms with van der Waals surface area (Å²) in [5, 5.41) is 0. The molecule has 0 unspecified atom stereocenters. The van der Waals surface area contributed by atoms with Gasteiger partial charge in [0.2, 0.25) is 0 Å². The van der Waals surface area contributed by atoms with Gasteiger partial charge >= 0.3 is 17.6 Å². The first-order chi connectivity index (χ1) is 0. The topological polar surface area (TPSA) is 0 Å². The van der Waals surface area contributed by atoms with Crippen LogP contribution in [0.3, 0.4) is 0 Å². The molecule has 3 radical (unpaired) electrons. The maximum absolute atomic E-state index is 0. The molecule has 0 nitrogen and oxygen atoms in total. The zero-order valence-corrected chi connectivity index (χ0v) is 4.18. The maximum Gasteiger partial charge on any atom is 0 e. The van der Waals surface area contributed by atoms with E-state index in [1.165, 1.54) is 0 Å². The SMILES string of the molecule is [Co].[Cu].[GeH4].[Mn]. The second-order valence-corrected chi connectivity index (χ2v) is 0. The van der Waals surface area contributed by atoms with E-state index in [1.807, 2.05) is 0 Å². The molecule has 35 valence electrons. The van der Waals surface area contributed by atoms with Crippen molar-refractivity contribution in [1.82, 2.24) is 0 Å². The molecule has 0 aliphatic carbocycles. The minimum Gasteiger partial charge on any atom is 0 e. The number of hydrogen-bond donors (Lipinski definition) is 0. The molecule has 0 bridgehead atoms. The summed E-state index contributed by atoms with van der Waals surface area (Å²) in [7, 11) is 0. The van der Waals surface area contributed by atoms with Gasteiger partial charge in [-0.3, -0.25) is 0 Å². The van der Waals surface area contributed by atoms with E-state index in [1.54, 1.807) is 0 Å². The molecule has 0 aliphatic rings. The Hall–Kier alpha value is 2.09. The molecule has 0 amide bonds. The van der Waals surface area contributed by atoms with Crippen molar-refractivity contribution in [2.24, 2.45) is 0 Å². The zero-order chi connectivity index (χ0) is 0. The van der Waals surface area contributed by atoms with E-state index < -0.39 is 0 Å². The van der Waals surface area contributed by atoms with E-state index in [9.17, 15) is 0 Å². The number of rotatable bonds is 0. The summed E-state index contributed by atoms with van der Waals surface area (Å²) in [5.41, 5.74) is 0. The molecular weight excluding hydrogens is 250 g/mol. The number of hydrogen-bond acceptors (Lipinski definition) is 0. The molecule has 0 rings (SSSR count). The summed E-state index contributed by atoms with van der Waals surface area (Å²) in [6.45, 7) is 0. The molecule has 0 fully saturated rings. The Morgan fingerprint density at radius 2 is 1.00 bits per heavy atom. The fraction of sp³-hybridized carbons (Fsp3) is 0. The molecule has 0 saturated heterocycles. The average molecular weight is 254 g/mol. The first-order valence-electron chi connectivity index (χ1n) is 0. The molecule has 0 aromatic rings. The summed E-state index contributed by atoms with van der Waals surface area (Å²) >= 11 is 0.